The van der Waals surface area contributed by atoms with E-state index in [2.05, 4.69) is 58.8 Å². The van der Waals surface area contributed by atoms with Gasteiger partial charge in [-0.25, -0.2) is 4.98 Å². The molecular formula is C14H19N3S. The predicted molar refractivity (Wildman–Crippen MR) is 78.1 cm³/mol. The topological polar surface area (TPSA) is 28.2 Å². The monoisotopic (exact) mass is 261 g/mol. The molecule has 0 saturated heterocycles. The van der Waals surface area contributed by atoms with E-state index in [9.17, 15) is 0 Å². The summed E-state index contributed by atoms with van der Waals surface area (Å²) in [4.78, 5) is 6.56. The van der Waals surface area contributed by atoms with Crippen molar-refractivity contribution in [2.24, 2.45) is 0 Å². The van der Waals surface area contributed by atoms with Crippen LogP contribution in [-0.2, 0) is 6.54 Å². The summed E-state index contributed by atoms with van der Waals surface area (Å²) in [5.74, 6) is 0. The summed E-state index contributed by atoms with van der Waals surface area (Å²) in [6.45, 7) is 4.97. The molecule has 0 saturated carbocycles. The molecule has 0 aliphatic rings. The standard InChI is InChI=1S/C14H19N3S/c1-12-3-5-13(6-4-12)15-7-8-17(2)9-14-10-18-11-16-14/h3-6,10-11,15H,7-9H2,1-2H3. The minimum absolute atomic E-state index is 0.916. The van der Waals surface area contributed by atoms with Crippen LogP contribution in [0, 0.1) is 6.92 Å². The number of thiazole rings is 1. The van der Waals surface area contributed by atoms with Gasteiger partial charge in [-0.1, -0.05) is 17.7 Å². The minimum atomic E-state index is 0.916. The Kier molecular flexibility index (Phi) is 4.73. The second-order valence-electron chi connectivity index (χ2n) is 4.51. The lowest BCUT2D eigenvalue weighted by Crippen LogP contribution is -2.24. The van der Waals surface area contributed by atoms with Crippen LogP contribution in [0.2, 0.25) is 0 Å². The Balaban J connectivity index is 1.70. The van der Waals surface area contributed by atoms with Gasteiger partial charge in [0.05, 0.1) is 11.2 Å². The third kappa shape index (κ3) is 4.13. The average molecular weight is 261 g/mol. The van der Waals surface area contributed by atoms with Crippen LogP contribution in [0.25, 0.3) is 0 Å². The fourth-order valence-corrected chi connectivity index (χ4v) is 2.28. The highest BCUT2D eigenvalue weighted by atomic mass is 32.1. The van der Waals surface area contributed by atoms with E-state index in [0.717, 1.165) is 25.3 Å². The number of likely N-dealkylation sites (N-methyl/N-ethyl adjacent to an activating group) is 1. The normalized spacial score (nSPS) is 10.8. The molecule has 1 N–H and O–H groups in total. The number of benzene rings is 1. The maximum absolute atomic E-state index is 4.29. The van der Waals surface area contributed by atoms with Gasteiger partial charge in [0.2, 0.25) is 0 Å². The highest BCUT2D eigenvalue weighted by molar-refractivity contribution is 7.07. The van der Waals surface area contributed by atoms with Gasteiger partial charge in [0.1, 0.15) is 0 Å². The van der Waals surface area contributed by atoms with Crippen LogP contribution in [0.5, 0.6) is 0 Å². The van der Waals surface area contributed by atoms with Gasteiger partial charge in [-0.15, -0.1) is 11.3 Å². The Morgan fingerprint density at radius 1 is 1.28 bits per heavy atom. The zero-order chi connectivity index (χ0) is 12.8. The number of nitrogens with zero attached hydrogens (tertiary/aromatic N) is 2. The molecule has 3 nitrogen and oxygen atoms in total. The van der Waals surface area contributed by atoms with E-state index >= 15 is 0 Å². The molecular weight excluding hydrogens is 242 g/mol. The first-order valence-corrected chi connectivity index (χ1v) is 7.04. The second-order valence-corrected chi connectivity index (χ2v) is 5.23. The van der Waals surface area contributed by atoms with Gasteiger partial charge in [0, 0.05) is 30.7 Å². The lowest BCUT2D eigenvalue weighted by atomic mass is 10.2. The number of hydrogen-bond acceptors (Lipinski definition) is 4. The number of anilines is 1. The Bertz CT molecular complexity index is 450. The van der Waals surface area contributed by atoms with Crippen LogP contribution in [0.15, 0.2) is 35.2 Å². The molecule has 0 spiro atoms. The molecule has 96 valence electrons. The molecule has 0 aliphatic carbocycles. The van der Waals surface area contributed by atoms with Crippen molar-refractivity contribution < 1.29 is 0 Å². The third-order valence-corrected chi connectivity index (χ3v) is 3.42. The van der Waals surface area contributed by atoms with Crippen LogP contribution >= 0.6 is 11.3 Å². The van der Waals surface area contributed by atoms with Crippen LogP contribution in [0.1, 0.15) is 11.3 Å². The first-order chi connectivity index (χ1) is 8.74. The Morgan fingerprint density at radius 2 is 2.06 bits per heavy atom. The molecule has 1 aromatic heterocycles. The van der Waals surface area contributed by atoms with E-state index in [1.54, 1.807) is 11.3 Å². The molecule has 0 amide bonds. The van der Waals surface area contributed by atoms with Gasteiger partial charge in [0.15, 0.2) is 0 Å². The highest BCUT2D eigenvalue weighted by Crippen LogP contribution is 2.08. The average Bonchev–Trinajstić information content (AvgIpc) is 2.84. The first kappa shape index (κ1) is 13.1. The summed E-state index contributed by atoms with van der Waals surface area (Å²) in [5, 5.41) is 5.52. The summed E-state index contributed by atoms with van der Waals surface area (Å²) in [5.41, 5.74) is 5.51. The van der Waals surface area contributed by atoms with E-state index in [1.807, 2.05) is 5.51 Å². The molecule has 4 heteroatoms. The molecule has 0 atom stereocenters. The fraction of sp³-hybridized carbons (Fsp3) is 0.357. The number of aryl methyl sites for hydroxylation is 1. The molecule has 0 aliphatic heterocycles. The maximum Gasteiger partial charge on any atom is 0.0795 e. The molecule has 0 fully saturated rings. The van der Waals surface area contributed by atoms with Crippen molar-refractivity contribution in [2.75, 3.05) is 25.5 Å². The highest BCUT2D eigenvalue weighted by Gasteiger charge is 2.01. The SMILES string of the molecule is Cc1ccc(NCCN(C)Cc2cscn2)cc1. The lowest BCUT2D eigenvalue weighted by Gasteiger charge is -2.16. The zero-order valence-corrected chi connectivity index (χ0v) is 11.7. The van der Waals surface area contributed by atoms with E-state index in [0.29, 0.717) is 0 Å². The predicted octanol–water partition coefficient (Wildman–Crippen LogP) is 3.00. The Labute approximate surface area is 112 Å². The van der Waals surface area contributed by atoms with Gasteiger partial charge in [-0.05, 0) is 26.1 Å². The molecule has 0 radical (unpaired) electrons. The van der Waals surface area contributed by atoms with Crippen molar-refractivity contribution in [3.05, 3.63) is 46.4 Å². The fourth-order valence-electron chi connectivity index (χ4n) is 1.73. The lowest BCUT2D eigenvalue weighted by molar-refractivity contribution is 0.336. The van der Waals surface area contributed by atoms with Crippen molar-refractivity contribution >= 4 is 17.0 Å². The quantitative estimate of drug-likeness (QED) is 0.866. The Hall–Kier alpha value is -1.39. The van der Waals surface area contributed by atoms with Crippen molar-refractivity contribution in [1.82, 2.24) is 9.88 Å². The van der Waals surface area contributed by atoms with Crippen molar-refractivity contribution in [1.29, 1.82) is 0 Å². The van der Waals surface area contributed by atoms with Gasteiger partial charge in [-0.2, -0.15) is 0 Å². The van der Waals surface area contributed by atoms with Crippen molar-refractivity contribution in [2.45, 2.75) is 13.5 Å². The van der Waals surface area contributed by atoms with E-state index in [1.165, 1.54) is 11.3 Å². The first-order valence-electron chi connectivity index (χ1n) is 6.10. The maximum atomic E-state index is 4.29. The summed E-state index contributed by atoms with van der Waals surface area (Å²) in [6.07, 6.45) is 0. The minimum Gasteiger partial charge on any atom is -0.384 e. The smallest absolute Gasteiger partial charge is 0.0795 e. The van der Waals surface area contributed by atoms with Crippen LogP contribution in [0.4, 0.5) is 5.69 Å². The summed E-state index contributed by atoms with van der Waals surface area (Å²) in [7, 11) is 2.12. The van der Waals surface area contributed by atoms with Crippen LogP contribution in [-0.4, -0.2) is 30.0 Å². The molecule has 1 aromatic carbocycles. The number of aromatic nitrogens is 1. The van der Waals surface area contributed by atoms with E-state index in [4.69, 9.17) is 0 Å². The van der Waals surface area contributed by atoms with Gasteiger partial charge in [-0.3, -0.25) is 4.90 Å². The zero-order valence-electron chi connectivity index (χ0n) is 10.9. The molecule has 1 heterocycles. The van der Waals surface area contributed by atoms with Crippen LogP contribution < -0.4 is 5.32 Å². The summed E-state index contributed by atoms with van der Waals surface area (Å²) < 4.78 is 0. The largest absolute Gasteiger partial charge is 0.384 e. The van der Waals surface area contributed by atoms with Crippen LogP contribution in [0.3, 0.4) is 0 Å². The number of hydrogen-bond donors (Lipinski definition) is 1. The Morgan fingerprint density at radius 3 is 2.72 bits per heavy atom. The summed E-state index contributed by atoms with van der Waals surface area (Å²) in [6, 6.07) is 8.49. The van der Waals surface area contributed by atoms with E-state index < -0.39 is 0 Å². The van der Waals surface area contributed by atoms with Gasteiger partial charge >= 0.3 is 0 Å². The van der Waals surface area contributed by atoms with E-state index in [-0.39, 0.29) is 0 Å². The third-order valence-electron chi connectivity index (χ3n) is 2.79. The number of nitrogens with one attached hydrogen (secondary N) is 1. The molecule has 0 bridgehead atoms. The molecule has 0 unspecified atom stereocenters. The summed E-state index contributed by atoms with van der Waals surface area (Å²) >= 11 is 1.65. The van der Waals surface area contributed by atoms with Crippen molar-refractivity contribution in [3.63, 3.8) is 0 Å². The second kappa shape index (κ2) is 6.52. The van der Waals surface area contributed by atoms with Gasteiger partial charge < -0.3 is 5.32 Å². The number of rotatable bonds is 6. The molecule has 18 heavy (non-hydrogen) atoms. The van der Waals surface area contributed by atoms with Gasteiger partial charge in [0.25, 0.3) is 0 Å². The molecule has 2 rings (SSSR count). The molecule has 2 aromatic rings. The van der Waals surface area contributed by atoms with Crippen molar-refractivity contribution in [3.8, 4) is 0 Å².